The van der Waals surface area contributed by atoms with Crippen LogP contribution in [0, 0.1) is 22.7 Å². The highest BCUT2D eigenvalue weighted by molar-refractivity contribution is 5.97. The van der Waals surface area contributed by atoms with Gasteiger partial charge in [-0.05, 0) is 207 Å². The van der Waals surface area contributed by atoms with Crippen LogP contribution in [-0.2, 0) is 16.2 Å². The first kappa shape index (κ1) is 53.0. The first-order chi connectivity index (χ1) is 39.8. The Morgan fingerprint density at radius 3 is 1.13 bits per heavy atom. The van der Waals surface area contributed by atoms with Crippen LogP contribution in [0.2, 0.25) is 0 Å². The maximum absolute atomic E-state index is 6.68. The highest BCUT2D eigenvalue weighted by atomic mass is 15.1. The van der Waals surface area contributed by atoms with Crippen molar-refractivity contribution in [1.29, 1.82) is 0 Å². The fourth-order valence-corrected chi connectivity index (χ4v) is 15.7. The third-order valence-electron chi connectivity index (χ3n) is 20.8. The van der Waals surface area contributed by atoms with Crippen LogP contribution in [0.5, 0.6) is 0 Å². The molecule has 4 unspecified atom stereocenters. The number of nitrogens with two attached hydrogens (primary N) is 1. The van der Waals surface area contributed by atoms with Crippen LogP contribution in [0.25, 0.3) is 66.8 Å². The quantitative estimate of drug-likeness (QED) is 0.148. The van der Waals surface area contributed by atoms with Gasteiger partial charge in [-0.25, -0.2) is 0 Å². The monoisotopic (exact) mass is 1080 g/mol. The van der Waals surface area contributed by atoms with E-state index in [4.69, 9.17) is 5.73 Å². The van der Waals surface area contributed by atoms with Crippen molar-refractivity contribution >= 4 is 17.1 Å². The average Bonchev–Trinajstić information content (AvgIpc) is 4.05. The number of benzene rings is 10. The zero-order chi connectivity index (χ0) is 57.5. The molecule has 1 spiro atoms. The fourth-order valence-electron chi connectivity index (χ4n) is 15.7. The molecule has 412 valence electrons. The summed E-state index contributed by atoms with van der Waals surface area (Å²) in [6.07, 6.45) is 1.11. The van der Waals surface area contributed by atoms with Crippen molar-refractivity contribution in [2.24, 2.45) is 28.4 Å². The van der Waals surface area contributed by atoms with Crippen molar-refractivity contribution in [3.05, 3.63) is 268 Å². The van der Waals surface area contributed by atoms with E-state index in [0.29, 0.717) is 24.3 Å². The van der Waals surface area contributed by atoms with Crippen molar-refractivity contribution in [2.75, 3.05) is 11.4 Å². The first-order valence-electron chi connectivity index (χ1n) is 30.5. The molecule has 0 saturated heterocycles. The lowest BCUT2D eigenvalue weighted by Crippen LogP contribution is -2.35. The van der Waals surface area contributed by atoms with Gasteiger partial charge < -0.3 is 10.6 Å². The number of hydrogen-bond acceptors (Lipinski definition) is 2. The van der Waals surface area contributed by atoms with E-state index in [9.17, 15) is 0 Å². The van der Waals surface area contributed by atoms with Crippen LogP contribution < -0.4 is 10.6 Å². The minimum Gasteiger partial charge on any atom is -0.330 e. The van der Waals surface area contributed by atoms with Gasteiger partial charge in [0.2, 0.25) is 0 Å². The van der Waals surface area contributed by atoms with Gasteiger partial charge >= 0.3 is 0 Å². The Labute approximate surface area is 494 Å². The molecular formula is C81H78N2. The van der Waals surface area contributed by atoms with E-state index in [1.807, 2.05) is 0 Å². The predicted molar refractivity (Wildman–Crippen MR) is 351 cm³/mol. The molecule has 0 fully saturated rings. The van der Waals surface area contributed by atoms with Crippen LogP contribution in [0.3, 0.4) is 0 Å². The second-order valence-electron chi connectivity index (χ2n) is 28.0. The van der Waals surface area contributed by atoms with E-state index >= 15 is 0 Å². The normalized spacial score (nSPS) is 17.3. The van der Waals surface area contributed by atoms with Crippen molar-refractivity contribution in [1.82, 2.24) is 0 Å². The van der Waals surface area contributed by atoms with Crippen molar-refractivity contribution in [3.63, 3.8) is 0 Å². The molecule has 10 aromatic carbocycles. The van der Waals surface area contributed by atoms with Gasteiger partial charge in [0.15, 0.2) is 0 Å². The second-order valence-corrected chi connectivity index (χ2v) is 28.0. The molecule has 0 aliphatic heterocycles. The molecule has 4 aliphatic carbocycles. The fraction of sp³-hybridized carbons (Fsp3) is 0.259. The molecule has 0 bridgehead atoms. The van der Waals surface area contributed by atoms with Gasteiger partial charge in [-0.3, -0.25) is 0 Å². The van der Waals surface area contributed by atoms with Crippen LogP contribution in [0.4, 0.5) is 17.1 Å². The van der Waals surface area contributed by atoms with Gasteiger partial charge in [-0.1, -0.05) is 246 Å². The first-order valence-corrected chi connectivity index (χ1v) is 30.5. The summed E-state index contributed by atoms with van der Waals surface area (Å²) in [5, 5.41) is 0. The van der Waals surface area contributed by atoms with Gasteiger partial charge in [-0.15, -0.1) is 0 Å². The van der Waals surface area contributed by atoms with Gasteiger partial charge in [0.25, 0.3) is 0 Å². The number of rotatable bonds is 10. The van der Waals surface area contributed by atoms with Gasteiger partial charge in [0, 0.05) is 27.9 Å². The van der Waals surface area contributed by atoms with Crippen LogP contribution in [-0.4, -0.2) is 6.54 Å². The second kappa shape index (κ2) is 19.0. The maximum Gasteiger partial charge on any atom is 0.0725 e. The van der Waals surface area contributed by atoms with Crippen LogP contribution >= 0.6 is 0 Å². The Balaban J connectivity index is 0.870. The summed E-state index contributed by atoms with van der Waals surface area (Å²) < 4.78 is 0. The number of fused-ring (bicyclic) bond motifs is 16. The van der Waals surface area contributed by atoms with Gasteiger partial charge in [0.05, 0.1) is 5.41 Å². The largest absolute Gasteiger partial charge is 0.330 e. The summed E-state index contributed by atoms with van der Waals surface area (Å²) in [6, 6.07) is 84.2. The Bertz CT molecular complexity index is 4090. The van der Waals surface area contributed by atoms with Gasteiger partial charge in [-0.2, -0.15) is 0 Å². The molecule has 83 heavy (non-hydrogen) atoms. The Morgan fingerprint density at radius 2 is 0.711 bits per heavy atom. The van der Waals surface area contributed by atoms with Crippen LogP contribution in [0.15, 0.2) is 218 Å². The summed E-state index contributed by atoms with van der Waals surface area (Å²) in [6.45, 7) is 26.8. The van der Waals surface area contributed by atoms with Crippen molar-refractivity contribution in [3.8, 4) is 66.8 Å². The lowest BCUT2D eigenvalue weighted by atomic mass is 9.65. The standard InChI is InChI=1S/C81H78N2/c1-50(77(2,3)4)44-67(76(49-82)78(5,6)7)53-30-28-51(29-31-53)54-34-40-65-61-22-14-18-26-70(61)81(74(65)45-54)71-27-19-15-23-62(71)66-41-35-55(46-75(66)81)52-32-36-56(37-33-52)83(57-38-42-63-59-20-12-16-24-68(59)79(8,9)72(63)47-57)58-39-43-64-60-21-13-17-25-69(60)80(10,11)73(64)48-58/h12-43,45-48,50,67,76H,44,49,82H2,1-11H3. The van der Waals surface area contributed by atoms with E-state index in [1.54, 1.807) is 0 Å². The molecular weight excluding hydrogens is 1000 g/mol. The molecule has 0 radical (unpaired) electrons. The molecule has 0 saturated carbocycles. The zero-order valence-corrected chi connectivity index (χ0v) is 50.5. The third-order valence-corrected chi connectivity index (χ3v) is 20.8. The molecule has 14 rings (SSSR count). The predicted octanol–water partition coefficient (Wildman–Crippen LogP) is 21.2. The van der Waals surface area contributed by atoms with Crippen LogP contribution in [0.1, 0.15) is 139 Å². The number of anilines is 3. The zero-order valence-electron chi connectivity index (χ0n) is 50.5. The highest BCUT2D eigenvalue weighted by Gasteiger charge is 2.52. The molecule has 2 N–H and O–H groups in total. The summed E-state index contributed by atoms with van der Waals surface area (Å²) in [5.41, 5.74) is 37.4. The summed E-state index contributed by atoms with van der Waals surface area (Å²) in [5.74, 6) is 1.27. The van der Waals surface area contributed by atoms with E-state index in [-0.39, 0.29) is 21.7 Å². The number of hydrogen-bond donors (Lipinski definition) is 1. The Hall–Kier alpha value is -8.04. The summed E-state index contributed by atoms with van der Waals surface area (Å²) in [4.78, 5) is 2.49. The third kappa shape index (κ3) is 8.06. The average molecular weight is 1080 g/mol. The van der Waals surface area contributed by atoms with E-state index in [1.165, 1.54) is 117 Å². The topological polar surface area (TPSA) is 29.3 Å². The SMILES string of the molecule is CC(CC(c1ccc(-c2ccc3c(c2)C2(c4ccccc4-3)c3ccccc3-c3ccc(-c4ccc(N(c5ccc6c(c5)C(C)(C)c5ccccc5-6)c5ccc6c(c5)C(C)(C)c5ccccc5-6)cc4)cc32)cc1)C(CN)C(C)(C)C)C(C)(C)C. The van der Waals surface area contributed by atoms with Crippen molar-refractivity contribution < 1.29 is 0 Å². The molecule has 0 heterocycles. The molecule has 0 aromatic heterocycles. The molecule has 0 amide bonds. The highest BCUT2D eigenvalue weighted by Crippen LogP contribution is 2.64. The van der Waals surface area contributed by atoms with E-state index < -0.39 is 5.41 Å². The minimum atomic E-state index is -0.502. The Kier molecular flexibility index (Phi) is 12.1. The molecule has 10 aromatic rings. The molecule has 2 nitrogen and oxygen atoms in total. The van der Waals surface area contributed by atoms with Crippen molar-refractivity contribution in [2.45, 2.75) is 105 Å². The molecule has 4 aliphatic rings. The lowest BCUT2D eigenvalue weighted by molar-refractivity contribution is 0.156. The smallest absolute Gasteiger partial charge is 0.0725 e. The van der Waals surface area contributed by atoms with E-state index in [2.05, 4.69) is 299 Å². The minimum absolute atomic E-state index is 0.0846. The maximum atomic E-state index is 6.68. The lowest BCUT2D eigenvalue weighted by Gasteiger charge is -2.40. The number of nitrogens with zero attached hydrogens (tertiary/aromatic N) is 1. The summed E-state index contributed by atoms with van der Waals surface area (Å²) >= 11 is 0. The Morgan fingerprint density at radius 1 is 0.361 bits per heavy atom. The molecule has 2 heteroatoms. The summed E-state index contributed by atoms with van der Waals surface area (Å²) in [7, 11) is 0. The van der Waals surface area contributed by atoms with E-state index in [0.717, 1.165) is 23.5 Å². The molecule has 4 atom stereocenters. The van der Waals surface area contributed by atoms with Gasteiger partial charge in [0.1, 0.15) is 0 Å².